The number of nitrogens with one attached hydrogen (secondary N) is 2. The summed E-state index contributed by atoms with van der Waals surface area (Å²) in [6.45, 7) is 0. The number of hydrogen-bond donors (Lipinski definition) is 2. The third kappa shape index (κ3) is 5.89. The quantitative estimate of drug-likeness (QED) is 0.252. The average molecular weight is 519 g/mol. The van der Waals surface area contributed by atoms with E-state index in [1.54, 1.807) is 0 Å². The van der Waals surface area contributed by atoms with Crippen LogP contribution in [-0.4, -0.2) is 26.9 Å². The zero-order valence-corrected chi connectivity index (χ0v) is 18.4. The molecule has 0 atom stereocenters. The molecule has 2 aromatic heterocycles. The SMILES string of the molecule is N=C/C=C(\Nc1cccc(OC(F)(F)F)c1)c1nn(-c2ccc(-n3cc(F)c(F)c3)cc2F)ccc1=O. The summed E-state index contributed by atoms with van der Waals surface area (Å²) in [5.74, 6) is -3.57. The van der Waals surface area contributed by atoms with E-state index in [9.17, 15) is 31.1 Å². The van der Waals surface area contributed by atoms with Gasteiger partial charge in [-0.3, -0.25) is 4.79 Å². The Kier molecular flexibility index (Phi) is 6.87. The second kappa shape index (κ2) is 10.0. The minimum atomic E-state index is -4.91. The molecule has 0 spiro atoms. The maximum atomic E-state index is 14.9. The highest BCUT2D eigenvalue weighted by Crippen LogP contribution is 2.26. The number of rotatable bonds is 7. The van der Waals surface area contributed by atoms with Crippen molar-refractivity contribution in [3.8, 4) is 17.1 Å². The van der Waals surface area contributed by atoms with Gasteiger partial charge in [0.15, 0.2) is 23.1 Å². The molecule has 0 unspecified atom stereocenters. The van der Waals surface area contributed by atoms with Crippen molar-refractivity contribution in [2.24, 2.45) is 0 Å². The van der Waals surface area contributed by atoms with Crippen molar-refractivity contribution in [1.82, 2.24) is 14.3 Å². The number of hydrogen-bond acceptors (Lipinski definition) is 5. The summed E-state index contributed by atoms with van der Waals surface area (Å²) in [7, 11) is 0. The Balaban J connectivity index is 1.67. The van der Waals surface area contributed by atoms with Crippen molar-refractivity contribution in [2.75, 3.05) is 5.32 Å². The van der Waals surface area contributed by atoms with Crippen LogP contribution in [0.4, 0.5) is 32.0 Å². The molecule has 13 heteroatoms. The Hall–Kier alpha value is -4.81. The first kappa shape index (κ1) is 25.3. The molecule has 2 aromatic carbocycles. The van der Waals surface area contributed by atoms with Crippen LogP contribution in [0.3, 0.4) is 0 Å². The van der Waals surface area contributed by atoms with Gasteiger partial charge in [0.05, 0.1) is 5.70 Å². The summed E-state index contributed by atoms with van der Waals surface area (Å²) in [6.07, 6.45) is -0.0901. The van der Waals surface area contributed by atoms with E-state index in [1.807, 2.05) is 0 Å². The Labute approximate surface area is 204 Å². The molecule has 7 nitrogen and oxygen atoms in total. The number of nitrogens with zero attached hydrogens (tertiary/aromatic N) is 3. The summed E-state index contributed by atoms with van der Waals surface area (Å²) in [5, 5.41) is 14.2. The summed E-state index contributed by atoms with van der Waals surface area (Å²) in [4.78, 5) is 12.5. The van der Waals surface area contributed by atoms with Gasteiger partial charge < -0.3 is 20.0 Å². The van der Waals surface area contributed by atoms with Gasteiger partial charge in [-0.05, 0) is 30.3 Å². The molecule has 0 fully saturated rings. The summed E-state index contributed by atoms with van der Waals surface area (Å²) < 4.78 is 85.2. The van der Waals surface area contributed by atoms with Crippen LogP contribution in [0, 0.1) is 22.9 Å². The van der Waals surface area contributed by atoms with E-state index in [2.05, 4.69) is 15.2 Å². The lowest BCUT2D eigenvalue weighted by atomic mass is 10.2. The van der Waals surface area contributed by atoms with Crippen LogP contribution in [0.15, 0.2) is 78.0 Å². The van der Waals surface area contributed by atoms with Crippen LogP contribution in [0.2, 0.25) is 0 Å². The third-order valence-corrected chi connectivity index (χ3v) is 4.87. The number of halogens is 6. The fourth-order valence-electron chi connectivity index (χ4n) is 3.31. The Morgan fingerprint density at radius 3 is 2.38 bits per heavy atom. The van der Waals surface area contributed by atoms with Crippen molar-refractivity contribution in [3.63, 3.8) is 0 Å². The smallest absolute Gasteiger partial charge is 0.406 e. The maximum absolute atomic E-state index is 14.9. The minimum Gasteiger partial charge on any atom is -0.406 e. The summed E-state index contributed by atoms with van der Waals surface area (Å²) in [5.41, 5.74) is -0.867. The van der Waals surface area contributed by atoms with Crippen LogP contribution < -0.4 is 15.5 Å². The zero-order chi connectivity index (χ0) is 26.7. The van der Waals surface area contributed by atoms with E-state index >= 15 is 0 Å². The zero-order valence-electron chi connectivity index (χ0n) is 18.4. The van der Waals surface area contributed by atoms with Crippen molar-refractivity contribution in [2.45, 2.75) is 6.36 Å². The standard InChI is InChI=1S/C24H15F6N5O2/c25-17-11-15(34-12-18(26)19(27)13-34)4-5-21(17)35-9-7-22(36)23(33-35)20(6-8-31)32-14-2-1-3-16(10-14)37-24(28,29)30/h1-13,31-32H/b20-6-,31-8?. The highest BCUT2D eigenvalue weighted by Gasteiger charge is 2.31. The number of aromatic nitrogens is 3. The van der Waals surface area contributed by atoms with Crippen molar-refractivity contribution in [3.05, 3.63) is 107 Å². The van der Waals surface area contributed by atoms with E-state index in [0.29, 0.717) is 0 Å². The molecule has 0 saturated carbocycles. The fraction of sp³-hybridized carbons (Fsp3) is 0.0417. The second-order valence-electron chi connectivity index (χ2n) is 7.42. The molecule has 2 heterocycles. The van der Waals surface area contributed by atoms with E-state index in [0.717, 1.165) is 58.2 Å². The van der Waals surface area contributed by atoms with Crippen molar-refractivity contribution in [1.29, 1.82) is 5.41 Å². The molecule has 4 rings (SSSR count). The highest BCUT2D eigenvalue weighted by molar-refractivity contribution is 5.87. The molecule has 0 bridgehead atoms. The summed E-state index contributed by atoms with van der Waals surface area (Å²) >= 11 is 0. The van der Waals surface area contributed by atoms with Gasteiger partial charge in [0.25, 0.3) is 0 Å². The number of ether oxygens (including phenoxy) is 1. The monoisotopic (exact) mass is 519 g/mol. The maximum Gasteiger partial charge on any atom is 0.573 e. The van der Waals surface area contributed by atoms with Gasteiger partial charge in [0, 0.05) is 54.4 Å². The molecule has 37 heavy (non-hydrogen) atoms. The van der Waals surface area contributed by atoms with Crippen molar-refractivity contribution < 1.29 is 31.1 Å². The highest BCUT2D eigenvalue weighted by atomic mass is 19.4. The predicted octanol–water partition coefficient (Wildman–Crippen LogP) is 5.44. The predicted molar refractivity (Wildman–Crippen MR) is 123 cm³/mol. The lowest BCUT2D eigenvalue weighted by Gasteiger charge is -2.14. The summed E-state index contributed by atoms with van der Waals surface area (Å²) in [6, 6.07) is 9.51. The fourth-order valence-corrected chi connectivity index (χ4v) is 3.31. The van der Waals surface area contributed by atoms with E-state index < -0.39 is 35.0 Å². The molecular weight excluding hydrogens is 504 g/mol. The molecule has 0 radical (unpaired) electrons. The first-order chi connectivity index (χ1) is 17.5. The van der Waals surface area contributed by atoms with Gasteiger partial charge in [0.2, 0.25) is 5.43 Å². The molecule has 0 aliphatic heterocycles. The van der Waals surface area contributed by atoms with Gasteiger partial charge >= 0.3 is 6.36 Å². The van der Waals surface area contributed by atoms with E-state index in [1.165, 1.54) is 30.5 Å². The number of benzene rings is 2. The topological polar surface area (TPSA) is 84.9 Å². The molecule has 0 amide bonds. The van der Waals surface area contributed by atoms with Gasteiger partial charge in [-0.25, -0.2) is 17.9 Å². The Morgan fingerprint density at radius 2 is 1.73 bits per heavy atom. The van der Waals surface area contributed by atoms with Crippen LogP contribution in [0.1, 0.15) is 5.69 Å². The number of alkyl halides is 3. The van der Waals surface area contributed by atoms with Crippen LogP contribution in [0.25, 0.3) is 17.1 Å². The van der Waals surface area contributed by atoms with Gasteiger partial charge in [-0.15, -0.1) is 13.2 Å². The molecular formula is C24H15F6N5O2. The molecule has 0 aliphatic rings. The van der Waals surface area contributed by atoms with Gasteiger partial charge in [-0.2, -0.15) is 5.10 Å². The molecule has 2 N–H and O–H groups in total. The molecule has 0 aliphatic carbocycles. The van der Waals surface area contributed by atoms with Crippen LogP contribution >= 0.6 is 0 Å². The number of allylic oxidation sites excluding steroid dienone is 1. The number of anilines is 1. The lowest BCUT2D eigenvalue weighted by molar-refractivity contribution is -0.274. The second-order valence-corrected chi connectivity index (χ2v) is 7.42. The van der Waals surface area contributed by atoms with E-state index in [4.69, 9.17) is 5.41 Å². The first-order valence-corrected chi connectivity index (χ1v) is 10.3. The Morgan fingerprint density at radius 1 is 1.00 bits per heavy atom. The van der Waals surface area contributed by atoms with Gasteiger partial charge in [0.1, 0.15) is 11.4 Å². The van der Waals surface area contributed by atoms with Gasteiger partial charge in [-0.1, -0.05) is 6.07 Å². The first-order valence-electron chi connectivity index (χ1n) is 10.3. The Bertz CT molecular complexity index is 1540. The largest absolute Gasteiger partial charge is 0.573 e. The van der Waals surface area contributed by atoms with E-state index in [-0.39, 0.29) is 28.5 Å². The normalized spacial score (nSPS) is 11.9. The molecule has 0 saturated heterocycles. The molecule has 190 valence electrons. The average Bonchev–Trinajstić information content (AvgIpc) is 3.16. The van der Waals surface area contributed by atoms with Crippen molar-refractivity contribution >= 4 is 17.6 Å². The molecule has 4 aromatic rings. The van der Waals surface area contributed by atoms with Crippen LogP contribution in [0.5, 0.6) is 5.75 Å². The lowest BCUT2D eigenvalue weighted by Crippen LogP contribution is -2.19. The third-order valence-electron chi connectivity index (χ3n) is 4.87. The van der Waals surface area contributed by atoms with Crippen LogP contribution in [-0.2, 0) is 0 Å². The minimum absolute atomic E-state index is 0.0613.